The molecule has 144 valence electrons. The highest BCUT2D eigenvalue weighted by Crippen LogP contribution is 2.26. The Balaban J connectivity index is 0.000000181. The van der Waals surface area contributed by atoms with Crippen molar-refractivity contribution >= 4 is 0 Å². The molecule has 0 aromatic rings. The van der Waals surface area contributed by atoms with Gasteiger partial charge in [0.1, 0.15) is 0 Å². The minimum absolute atomic E-state index is 0.0509. The Labute approximate surface area is 144 Å². The number of aliphatic hydroxyl groups excluding tert-OH is 5. The summed E-state index contributed by atoms with van der Waals surface area (Å²) >= 11 is 0. The summed E-state index contributed by atoms with van der Waals surface area (Å²) in [6.45, 7) is 4.96. The molecule has 3 aliphatic rings. The van der Waals surface area contributed by atoms with Crippen LogP contribution in [0.4, 0.5) is 0 Å². The minimum atomic E-state index is -0.528. The van der Waals surface area contributed by atoms with Crippen molar-refractivity contribution in [1.29, 1.82) is 0 Å². The van der Waals surface area contributed by atoms with Gasteiger partial charge in [-0.25, -0.2) is 0 Å². The first kappa shape index (κ1) is 21.7. The van der Waals surface area contributed by atoms with Gasteiger partial charge in [0.2, 0.25) is 0 Å². The van der Waals surface area contributed by atoms with Crippen LogP contribution in [-0.4, -0.2) is 132 Å². The van der Waals surface area contributed by atoms with Gasteiger partial charge in [-0.15, -0.1) is 0 Å². The first-order valence-electron chi connectivity index (χ1n) is 8.53. The molecule has 8 heteroatoms. The quantitative estimate of drug-likeness (QED) is 0.365. The standard InChI is InChI=1S/C6H13NO2.C5H11NO2.C5H11NO/c1-7-2-6(3-7,4-8)5-9;1-6-2-4(7)5(8)3-6;1-6-3-2-5(7)4-6/h8-9H,2-5H2,1H3;4-5,7-8H,2-3H2,1H3;5,7H,2-4H2,1H3. The first-order valence-corrected chi connectivity index (χ1v) is 8.53. The van der Waals surface area contributed by atoms with Crippen molar-refractivity contribution in [3.8, 4) is 0 Å². The highest BCUT2D eigenvalue weighted by molar-refractivity contribution is 4.92. The zero-order valence-corrected chi connectivity index (χ0v) is 15.2. The molecule has 0 saturated carbocycles. The molecule has 0 bridgehead atoms. The lowest BCUT2D eigenvalue weighted by molar-refractivity contribution is -0.0622. The molecule has 0 radical (unpaired) electrons. The summed E-state index contributed by atoms with van der Waals surface area (Å²) in [5.74, 6) is 0. The summed E-state index contributed by atoms with van der Waals surface area (Å²) in [5, 5.41) is 44.1. The molecule has 3 aliphatic heterocycles. The summed E-state index contributed by atoms with van der Waals surface area (Å²) in [6.07, 6.45) is -0.152. The van der Waals surface area contributed by atoms with Crippen molar-refractivity contribution in [3.05, 3.63) is 0 Å². The molecule has 3 heterocycles. The Morgan fingerprint density at radius 1 is 0.792 bits per heavy atom. The summed E-state index contributed by atoms with van der Waals surface area (Å²) < 4.78 is 0. The Kier molecular flexibility index (Phi) is 9.03. The van der Waals surface area contributed by atoms with Crippen LogP contribution < -0.4 is 0 Å². The van der Waals surface area contributed by atoms with Crippen molar-refractivity contribution < 1.29 is 25.5 Å². The van der Waals surface area contributed by atoms with Crippen LogP contribution in [0.1, 0.15) is 6.42 Å². The van der Waals surface area contributed by atoms with E-state index < -0.39 is 12.2 Å². The van der Waals surface area contributed by atoms with Gasteiger partial charge in [-0.2, -0.15) is 0 Å². The number of hydrogen-bond acceptors (Lipinski definition) is 8. The molecule has 0 amide bonds. The number of β-amino-alcohol motifs (C(OH)–C–C–N with tert-alkyl or cyclic N) is 3. The number of rotatable bonds is 2. The molecule has 3 fully saturated rings. The van der Waals surface area contributed by atoms with Crippen LogP contribution in [0.15, 0.2) is 0 Å². The zero-order chi connectivity index (χ0) is 18.3. The number of nitrogens with zero attached hydrogens (tertiary/aromatic N) is 3. The summed E-state index contributed by atoms with van der Waals surface area (Å²) in [5.41, 5.74) is -0.186. The lowest BCUT2D eigenvalue weighted by atomic mass is 9.82. The van der Waals surface area contributed by atoms with Gasteiger partial charge in [0, 0.05) is 44.7 Å². The average Bonchev–Trinajstić information content (AvgIpc) is 3.01. The fourth-order valence-corrected chi connectivity index (χ4v) is 3.22. The molecule has 0 spiro atoms. The number of aliphatic hydroxyl groups is 5. The van der Waals surface area contributed by atoms with Gasteiger partial charge in [0.25, 0.3) is 0 Å². The van der Waals surface area contributed by atoms with Crippen molar-refractivity contribution in [1.82, 2.24) is 14.7 Å². The minimum Gasteiger partial charge on any atom is -0.396 e. The molecular weight excluding hydrogens is 314 g/mol. The van der Waals surface area contributed by atoms with E-state index in [2.05, 4.69) is 9.80 Å². The molecular formula is C16H35N3O5. The average molecular weight is 349 g/mol. The first-order chi connectivity index (χ1) is 11.2. The number of likely N-dealkylation sites (N-methyl/N-ethyl adjacent to an activating group) is 2. The Bertz CT molecular complexity index is 331. The normalized spacial score (nSPS) is 33.2. The van der Waals surface area contributed by atoms with Crippen molar-refractivity contribution in [2.75, 3.05) is 73.6 Å². The zero-order valence-electron chi connectivity index (χ0n) is 15.2. The van der Waals surface area contributed by atoms with E-state index in [4.69, 9.17) is 25.5 Å². The van der Waals surface area contributed by atoms with E-state index in [9.17, 15) is 0 Å². The lowest BCUT2D eigenvalue weighted by Crippen LogP contribution is -2.58. The van der Waals surface area contributed by atoms with E-state index in [1.807, 2.05) is 26.0 Å². The van der Waals surface area contributed by atoms with Crippen LogP contribution in [0.2, 0.25) is 0 Å². The van der Waals surface area contributed by atoms with E-state index in [-0.39, 0.29) is 24.7 Å². The molecule has 0 aromatic carbocycles. The molecule has 3 atom stereocenters. The highest BCUT2D eigenvalue weighted by Gasteiger charge is 2.39. The fraction of sp³-hybridized carbons (Fsp3) is 1.00. The SMILES string of the molecule is CN1CC(CO)(CO)C1.CN1CC(O)C(O)C1.CN1CCC(O)C1. The van der Waals surface area contributed by atoms with Crippen molar-refractivity contribution in [2.45, 2.75) is 24.7 Å². The van der Waals surface area contributed by atoms with Gasteiger partial charge in [-0.1, -0.05) is 0 Å². The maximum Gasteiger partial charge on any atom is 0.0938 e. The van der Waals surface area contributed by atoms with E-state index in [0.29, 0.717) is 13.1 Å². The van der Waals surface area contributed by atoms with Crippen molar-refractivity contribution in [3.63, 3.8) is 0 Å². The summed E-state index contributed by atoms with van der Waals surface area (Å²) in [4.78, 5) is 6.10. The van der Waals surface area contributed by atoms with E-state index in [1.54, 1.807) is 0 Å². The van der Waals surface area contributed by atoms with Crippen LogP contribution in [0.25, 0.3) is 0 Å². The molecule has 3 saturated heterocycles. The second-order valence-corrected chi connectivity index (χ2v) is 7.55. The van der Waals surface area contributed by atoms with Crippen LogP contribution in [0, 0.1) is 5.41 Å². The smallest absolute Gasteiger partial charge is 0.0938 e. The predicted molar refractivity (Wildman–Crippen MR) is 91.7 cm³/mol. The van der Waals surface area contributed by atoms with E-state index in [1.165, 1.54) is 0 Å². The van der Waals surface area contributed by atoms with Gasteiger partial charge < -0.3 is 40.2 Å². The van der Waals surface area contributed by atoms with E-state index >= 15 is 0 Å². The summed E-state index contributed by atoms with van der Waals surface area (Å²) in [7, 11) is 5.87. The molecule has 0 aliphatic carbocycles. The number of likely N-dealkylation sites (tertiary alicyclic amines) is 3. The largest absolute Gasteiger partial charge is 0.396 e. The lowest BCUT2D eigenvalue weighted by Gasteiger charge is -2.46. The van der Waals surface area contributed by atoms with Crippen LogP contribution in [-0.2, 0) is 0 Å². The Morgan fingerprint density at radius 3 is 1.42 bits per heavy atom. The Morgan fingerprint density at radius 2 is 1.29 bits per heavy atom. The topological polar surface area (TPSA) is 111 Å². The number of hydrogen-bond donors (Lipinski definition) is 5. The summed E-state index contributed by atoms with van der Waals surface area (Å²) in [6, 6.07) is 0. The third-order valence-corrected chi connectivity index (χ3v) is 4.69. The maximum atomic E-state index is 8.88. The van der Waals surface area contributed by atoms with E-state index in [0.717, 1.165) is 32.6 Å². The van der Waals surface area contributed by atoms with Crippen LogP contribution in [0.3, 0.4) is 0 Å². The molecule has 0 aromatic heterocycles. The molecule has 24 heavy (non-hydrogen) atoms. The van der Waals surface area contributed by atoms with Gasteiger partial charge in [-0.05, 0) is 27.6 Å². The van der Waals surface area contributed by atoms with Crippen LogP contribution in [0.5, 0.6) is 0 Å². The maximum absolute atomic E-state index is 8.88. The highest BCUT2D eigenvalue weighted by atomic mass is 16.3. The molecule has 8 nitrogen and oxygen atoms in total. The molecule has 5 N–H and O–H groups in total. The van der Waals surface area contributed by atoms with Gasteiger partial charge >= 0.3 is 0 Å². The van der Waals surface area contributed by atoms with Crippen molar-refractivity contribution in [2.24, 2.45) is 5.41 Å². The van der Waals surface area contributed by atoms with Gasteiger partial charge in [0.05, 0.1) is 31.5 Å². The monoisotopic (exact) mass is 349 g/mol. The molecule has 3 rings (SSSR count). The third-order valence-electron chi connectivity index (χ3n) is 4.69. The second-order valence-electron chi connectivity index (χ2n) is 7.55. The molecule has 3 unspecified atom stereocenters. The predicted octanol–water partition coefficient (Wildman–Crippen LogP) is -2.76. The second kappa shape index (κ2) is 9.98. The Hall–Kier alpha value is -0.320. The fourth-order valence-electron chi connectivity index (χ4n) is 3.22. The van der Waals surface area contributed by atoms with Gasteiger partial charge in [0.15, 0.2) is 0 Å². The third kappa shape index (κ3) is 6.89. The van der Waals surface area contributed by atoms with Gasteiger partial charge in [-0.3, -0.25) is 0 Å². The van der Waals surface area contributed by atoms with Crippen LogP contribution >= 0.6 is 0 Å².